The third-order valence-electron chi connectivity index (χ3n) is 5.13. The van der Waals surface area contributed by atoms with Crippen LogP contribution >= 0.6 is 11.3 Å². The molecule has 0 aromatic carbocycles. The van der Waals surface area contributed by atoms with E-state index in [0.717, 1.165) is 28.1 Å². The molecular formula is C18H25N3O2S. The molecule has 24 heavy (non-hydrogen) atoms. The first kappa shape index (κ1) is 17.1. The number of nitrogens with one attached hydrogen (secondary N) is 1. The summed E-state index contributed by atoms with van der Waals surface area (Å²) in [6, 6.07) is 0. The molecule has 0 unspecified atom stereocenters. The number of nitrogens with zero attached hydrogens (tertiary/aromatic N) is 2. The van der Waals surface area contributed by atoms with Crippen LogP contribution in [0.4, 0.5) is 0 Å². The highest BCUT2D eigenvalue weighted by molar-refractivity contribution is 7.18. The van der Waals surface area contributed by atoms with Crippen molar-refractivity contribution in [2.45, 2.75) is 71.4 Å². The maximum absolute atomic E-state index is 12.6. The number of aryl methyl sites for hydroxylation is 3. The van der Waals surface area contributed by atoms with Gasteiger partial charge in [-0.3, -0.25) is 14.2 Å². The van der Waals surface area contributed by atoms with Crippen molar-refractivity contribution < 1.29 is 4.79 Å². The topological polar surface area (TPSA) is 64.0 Å². The van der Waals surface area contributed by atoms with Gasteiger partial charge in [-0.25, -0.2) is 4.98 Å². The van der Waals surface area contributed by atoms with Crippen molar-refractivity contribution in [1.82, 2.24) is 14.9 Å². The standard InChI is InChI=1S/C18H25N3O2S/c1-12-13(2)24-16-15(12)17(23)21(11-19-16)10-7-14(22)20-18(3)8-5-4-6-9-18/h11H,4-10H2,1-3H3,(H,20,22). The molecule has 1 saturated carbocycles. The molecular weight excluding hydrogens is 322 g/mol. The molecule has 0 bridgehead atoms. The molecule has 1 N–H and O–H groups in total. The summed E-state index contributed by atoms with van der Waals surface area (Å²) >= 11 is 1.55. The van der Waals surface area contributed by atoms with E-state index in [-0.39, 0.29) is 17.0 Å². The average molecular weight is 347 g/mol. The fraction of sp³-hybridized carbons (Fsp3) is 0.611. The van der Waals surface area contributed by atoms with Crippen LogP contribution in [-0.2, 0) is 11.3 Å². The number of aromatic nitrogens is 2. The van der Waals surface area contributed by atoms with E-state index in [1.54, 1.807) is 22.2 Å². The summed E-state index contributed by atoms with van der Waals surface area (Å²) in [6.45, 7) is 6.46. The van der Waals surface area contributed by atoms with Crippen molar-refractivity contribution in [2.75, 3.05) is 0 Å². The van der Waals surface area contributed by atoms with Gasteiger partial charge < -0.3 is 5.32 Å². The van der Waals surface area contributed by atoms with E-state index in [1.807, 2.05) is 13.8 Å². The molecule has 2 aromatic rings. The fourth-order valence-corrected chi connectivity index (χ4v) is 4.49. The molecule has 0 aliphatic heterocycles. The van der Waals surface area contributed by atoms with Gasteiger partial charge in [0.2, 0.25) is 5.91 Å². The lowest BCUT2D eigenvalue weighted by atomic mass is 9.83. The second-order valence-corrected chi connectivity index (χ2v) is 8.33. The van der Waals surface area contributed by atoms with Crippen LogP contribution in [0.3, 0.4) is 0 Å². The summed E-state index contributed by atoms with van der Waals surface area (Å²) in [5, 5.41) is 3.86. The second kappa shape index (κ2) is 6.67. The van der Waals surface area contributed by atoms with Gasteiger partial charge in [0.25, 0.3) is 5.56 Å². The van der Waals surface area contributed by atoms with Crippen molar-refractivity contribution in [3.63, 3.8) is 0 Å². The van der Waals surface area contributed by atoms with Crippen molar-refractivity contribution in [1.29, 1.82) is 0 Å². The summed E-state index contributed by atoms with van der Waals surface area (Å²) in [5.74, 6) is 0.0182. The van der Waals surface area contributed by atoms with Crippen LogP contribution < -0.4 is 10.9 Å². The largest absolute Gasteiger partial charge is 0.351 e. The van der Waals surface area contributed by atoms with Crippen LogP contribution in [0, 0.1) is 13.8 Å². The lowest BCUT2D eigenvalue weighted by Crippen LogP contribution is -2.47. The van der Waals surface area contributed by atoms with E-state index in [9.17, 15) is 9.59 Å². The molecule has 1 aliphatic carbocycles. The molecule has 0 radical (unpaired) electrons. The van der Waals surface area contributed by atoms with Gasteiger partial charge in [-0.2, -0.15) is 0 Å². The number of fused-ring (bicyclic) bond motifs is 1. The van der Waals surface area contributed by atoms with Crippen LogP contribution in [0.2, 0.25) is 0 Å². The summed E-state index contributed by atoms with van der Waals surface area (Å²) in [7, 11) is 0. The predicted molar refractivity (Wildman–Crippen MR) is 97.6 cm³/mol. The number of rotatable bonds is 4. The summed E-state index contributed by atoms with van der Waals surface area (Å²) in [4.78, 5) is 31.2. The van der Waals surface area contributed by atoms with Crippen molar-refractivity contribution >= 4 is 27.5 Å². The van der Waals surface area contributed by atoms with E-state index in [0.29, 0.717) is 18.4 Å². The minimum absolute atomic E-state index is 0.0182. The summed E-state index contributed by atoms with van der Waals surface area (Å²) in [6.07, 6.45) is 7.56. The Hall–Kier alpha value is -1.69. The molecule has 2 aromatic heterocycles. The highest BCUT2D eigenvalue weighted by Gasteiger charge is 2.28. The van der Waals surface area contributed by atoms with E-state index < -0.39 is 0 Å². The second-order valence-electron chi connectivity index (χ2n) is 7.13. The van der Waals surface area contributed by atoms with Crippen LogP contribution in [0.1, 0.15) is 55.9 Å². The van der Waals surface area contributed by atoms with E-state index in [4.69, 9.17) is 0 Å². The fourth-order valence-electron chi connectivity index (χ4n) is 3.51. The molecule has 6 heteroatoms. The Labute approximate surface area is 146 Å². The van der Waals surface area contributed by atoms with Crippen LogP contribution in [0.5, 0.6) is 0 Å². The first-order valence-corrected chi connectivity index (χ1v) is 9.47. The highest BCUT2D eigenvalue weighted by atomic mass is 32.1. The summed E-state index contributed by atoms with van der Waals surface area (Å²) in [5.41, 5.74) is 0.878. The smallest absolute Gasteiger partial charge is 0.262 e. The van der Waals surface area contributed by atoms with Gasteiger partial charge >= 0.3 is 0 Å². The Balaban J connectivity index is 1.69. The highest BCUT2D eigenvalue weighted by Crippen LogP contribution is 2.27. The Morgan fingerprint density at radius 2 is 2.04 bits per heavy atom. The predicted octanol–water partition coefficient (Wildman–Crippen LogP) is 3.30. The number of carbonyl (C=O) groups is 1. The Kier molecular flexibility index (Phi) is 4.76. The van der Waals surface area contributed by atoms with Gasteiger partial charge in [0, 0.05) is 23.4 Å². The van der Waals surface area contributed by atoms with Crippen molar-refractivity contribution in [3.8, 4) is 0 Å². The molecule has 2 heterocycles. The molecule has 1 amide bonds. The number of amides is 1. The van der Waals surface area contributed by atoms with E-state index >= 15 is 0 Å². The zero-order valence-corrected chi connectivity index (χ0v) is 15.5. The maximum atomic E-state index is 12.6. The van der Waals surface area contributed by atoms with E-state index in [2.05, 4.69) is 17.2 Å². The lowest BCUT2D eigenvalue weighted by molar-refractivity contribution is -0.123. The first-order chi connectivity index (χ1) is 11.4. The van der Waals surface area contributed by atoms with Crippen LogP contribution in [0.15, 0.2) is 11.1 Å². The molecule has 5 nitrogen and oxygen atoms in total. The molecule has 3 rings (SSSR count). The maximum Gasteiger partial charge on any atom is 0.262 e. The average Bonchev–Trinajstić information content (AvgIpc) is 2.82. The number of hydrogen-bond donors (Lipinski definition) is 1. The first-order valence-electron chi connectivity index (χ1n) is 8.66. The Morgan fingerprint density at radius 1 is 1.33 bits per heavy atom. The zero-order chi connectivity index (χ0) is 17.3. The Morgan fingerprint density at radius 3 is 2.75 bits per heavy atom. The van der Waals surface area contributed by atoms with Gasteiger partial charge in [-0.05, 0) is 39.2 Å². The lowest BCUT2D eigenvalue weighted by Gasteiger charge is -2.34. The van der Waals surface area contributed by atoms with Crippen molar-refractivity contribution in [2.24, 2.45) is 0 Å². The molecule has 130 valence electrons. The summed E-state index contributed by atoms with van der Waals surface area (Å²) < 4.78 is 1.56. The molecule has 1 aliphatic rings. The Bertz CT molecular complexity index is 816. The van der Waals surface area contributed by atoms with Gasteiger partial charge in [0.15, 0.2) is 0 Å². The normalized spacial score (nSPS) is 17.1. The van der Waals surface area contributed by atoms with E-state index in [1.165, 1.54) is 19.3 Å². The van der Waals surface area contributed by atoms with Crippen LogP contribution in [0.25, 0.3) is 10.2 Å². The zero-order valence-electron chi connectivity index (χ0n) is 14.6. The van der Waals surface area contributed by atoms with Gasteiger partial charge in [0.1, 0.15) is 4.83 Å². The minimum Gasteiger partial charge on any atom is -0.351 e. The molecule has 0 saturated heterocycles. The van der Waals surface area contributed by atoms with Gasteiger partial charge in [-0.1, -0.05) is 19.3 Å². The minimum atomic E-state index is -0.0798. The number of hydrogen-bond acceptors (Lipinski definition) is 4. The van der Waals surface area contributed by atoms with Gasteiger partial charge in [0.05, 0.1) is 11.7 Å². The molecule has 1 fully saturated rings. The molecule has 0 spiro atoms. The third-order valence-corrected chi connectivity index (χ3v) is 6.25. The quantitative estimate of drug-likeness (QED) is 0.923. The van der Waals surface area contributed by atoms with Crippen molar-refractivity contribution in [3.05, 3.63) is 27.1 Å². The number of carbonyl (C=O) groups excluding carboxylic acids is 1. The van der Waals surface area contributed by atoms with Gasteiger partial charge in [-0.15, -0.1) is 11.3 Å². The SMILES string of the molecule is Cc1sc2ncn(CCC(=O)NC3(C)CCCCC3)c(=O)c2c1C. The number of thiophene rings is 1. The third kappa shape index (κ3) is 3.38. The monoisotopic (exact) mass is 347 g/mol. The van der Waals surface area contributed by atoms with Crippen LogP contribution in [-0.4, -0.2) is 21.0 Å². The molecule has 0 atom stereocenters.